The summed E-state index contributed by atoms with van der Waals surface area (Å²) in [6.45, 7) is -0.757. The molecule has 0 atom stereocenters. The Kier molecular flexibility index (Phi) is 6.39. The second-order valence-corrected chi connectivity index (χ2v) is 8.08. The number of hydrogen-bond donors (Lipinski definition) is 1. The largest absolute Gasteiger partial charge is 0.454 e. The number of nitrogens with zero attached hydrogens (tertiary/aromatic N) is 4. The fraction of sp³-hybridized carbons (Fsp3) is 0.125. The van der Waals surface area contributed by atoms with Crippen LogP contribution < -0.4 is 17.0 Å². The molecule has 178 valence electrons. The Morgan fingerprint density at radius 1 is 1.00 bits per heavy atom. The Hall–Kier alpha value is -4.44. The van der Waals surface area contributed by atoms with Gasteiger partial charge in [0.05, 0.1) is 5.69 Å². The third-order valence-corrected chi connectivity index (χ3v) is 5.65. The van der Waals surface area contributed by atoms with Crippen molar-refractivity contribution in [1.29, 1.82) is 0 Å². The zero-order valence-electron chi connectivity index (χ0n) is 18.8. The van der Waals surface area contributed by atoms with Gasteiger partial charge in [0, 0.05) is 30.9 Å². The lowest BCUT2D eigenvalue weighted by Gasteiger charge is -2.11. The normalized spacial score (nSPS) is 10.8. The Morgan fingerprint density at radius 3 is 2.31 bits per heavy atom. The third kappa shape index (κ3) is 4.51. The van der Waals surface area contributed by atoms with E-state index in [0.717, 1.165) is 9.13 Å². The summed E-state index contributed by atoms with van der Waals surface area (Å²) < 4.78 is 8.49. The number of halogens is 1. The third-order valence-electron chi connectivity index (χ3n) is 5.40. The number of aromatic nitrogens is 4. The molecule has 0 aliphatic rings. The van der Waals surface area contributed by atoms with E-state index in [1.54, 1.807) is 24.3 Å². The Morgan fingerprint density at radius 2 is 1.66 bits per heavy atom. The van der Waals surface area contributed by atoms with Crippen LogP contribution in [0.25, 0.3) is 16.9 Å². The summed E-state index contributed by atoms with van der Waals surface area (Å²) in [5.74, 6) is -1.97. The van der Waals surface area contributed by atoms with Crippen LogP contribution in [-0.2, 0) is 18.8 Å². The van der Waals surface area contributed by atoms with Crippen LogP contribution >= 0.6 is 11.6 Å². The lowest BCUT2D eigenvalue weighted by Crippen LogP contribution is -2.42. The molecule has 11 heteroatoms. The van der Waals surface area contributed by atoms with E-state index < -0.39 is 35.2 Å². The first kappa shape index (κ1) is 23.7. The minimum Gasteiger partial charge on any atom is -0.454 e. The van der Waals surface area contributed by atoms with Gasteiger partial charge in [-0.3, -0.25) is 18.7 Å². The Labute approximate surface area is 203 Å². The average Bonchev–Trinajstić information content (AvgIpc) is 3.31. The van der Waals surface area contributed by atoms with Crippen molar-refractivity contribution in [3.8, 4) is 16.9 Å². The summed E-state index contributed by atoms with van der Waals surface area (Å²) in [7, 11) is 2.56. The van der Waals surface area contributed by atoms with Crippen molar-refractivity contribution >= 4 is 29.2 Å². The van der Waals surface area contributed by atoms with Gasteiger partial charge in [0.15, 0.2) is 6.61 Å². The van der Waals surface area contributed by atoms with E-state index in [-0.39, 0.29) is 11.4 Å². The molecule has 0 amide bonds. The number of nitrogen functional groups attached to an aromatic ring is 1. The summed E-state index contributed by atoms with van der Waals surface area (Å²) in [6, 6.07) is 15.9. The number of benzene rings is 2. The molecule has 0 saturated heterocycles. The van der Waals surface area contributed by atoms with E-state index in [9.17, 15) is 19.2 Å². The first-order valence-corrected chi connectivity index (χ1v) is 10.7. The van der Waals surface area contributed by atoms with E-state index in [1.807, 2.05) is 30.3 Å². The van der Waals surface area contributed by atoms with Crippen LogP contribution in [0.4, 0.5) is 5.82 Å². The van der Waals surface area contributed by atoms with Gasteiger partial charge in [-0.15, -0.1) is 0 Å². The second kappa shape index (κ2) is 9.43. The van der Waals surface area contributed by atoms with Crippen molar-refractivity contribution in [2.75, 3.05) is 12.3 Å². The van der Waals surface area contributed by atoms with Crippen molar-refractivity contribution in [1.82, 2.24) is 18.9 Å². The molecular weight excluding hydrogens is 474 g/mol. The lowest BCUT2D eigenvalue weighted by molar-refractivity contribution is 0.0475. The first-order valence-electron chi connectivity index (χ1n) is 10.4. The SMILES string of the molecule is Cn1c(N)c(C(=O)COC(=O)c2cn(-c3ccccc3)nc2-c2ccc(Cl)cc2)c(=O)n(C)c1=O. The highest BCUT2D eigenvalue weighted by Gasteiger charge is 2.24. The zero-order chi connectivity index (χ0) is 25.3. The first-order chi connectivity index (χ1) is 16.7. The summed E-state index contributed by atoms with van der Waals surface area (Å²) in [6.07, 6.45) is 1.49. The second-order valence-electron chi connectivity index (χ2n) is 7.64. The maximum absolute atomic E-state index is 13.0. The highest BCUT2D eigenvalue weighted by Crippen LogP contribution is 2.26. The predicted octanol–water partition coefficient (Wildman–Crippen LogP) is 2.21. The number of carbonyl (C=O) groups is 2. The van der Waals surface area contributed by atoms with Crippen molar-refractivity contribution in [2.24, 2.45) is 14.1 Å². The van der Waals surface area contributed by atoms with Crippen molar-refractivity contribution in [3.63, 3.8) is 0 Å². The molecule has 0 saturated carbocycles. The van der Waals surface area contributed by atoms with Gasteiger partial charge in [-0.05, 0) is 24.3 Å². The highest BCUT2D eigenvalue weighted by atomic mass is 35.5. The molecule has 0 aliphatic heterocycles. The van der Waals surface area contributed by atoms with Crippen LogP contribution in [0.2, 0.25) is 5.02 Å². The van der Waals surface area contributed by atoms with Crippen LogP contribution in [0.3, 0.4) is 0 Å². The molecule has 0 bridgehead atoms. The molecule has 2 aromatic carbocycles. The molecule has 0 spiro atoms. The van der Waals surface area contributed by atoms with Crippen LogP contribution in [0.1, 0.15) is 20.7 Å². The molecule has 4 rings (SSSR count). The van der Waals surface area contributed by atoms with Gasteiger partial charge in [0.25, 0.3) is 5.56 Å². The van der Waals surface area contributed by atoms with Crippen LogP contribution in [0.5, 0.6) is 0 Å². The number of esters is 1. The molecule has 4 aromatic rings. The smallest absolute Gasteiger partial charge is 0.342 e. The molecular formula is C24H20ClN5O5. The number of ether oxygens (including phenoxy) is 1. The minimum absolute atomic E-state index is 0.102. The quantitative estimate of drug-likeness (QED) is 0.322. The number of hydrogen-bond acceptors (Lipinski definition) is 7. The number of ketones is 1. The highest BCUT2D eigenvalue weighted by molar-refractivity contribution is 6.30. The Bertz CT molecular complexity index is 1550. The fourth-order valence-electron chi connectivity index (χ4n) is 3.46. The van der Waals surface area contributed by atoms with Gasteiger partial charge in [-0.1, -0.05) is 41.9 Å². The number of Topliss-reactive ketones (excluding diaryl/α,β-unsaturated/α-hetero) is 1. The topological polar surface area (TPSA) is 131 Å². The molecule has 10 nitrogen and oxygen atoms in total. The van der Waals surface area contributed by atoms with Gasteiger partial charge in [0.2, 0.25) is 5.78 Å². The Balaban J connectivity index is 1.66. The summed E-state index contributed by atoms with van der Waals surface area (Å²) in [4.78, 5) is 50.2. The van der Waals surface area contributed by atoms with Crippen LogP contribution in [0.15, 0.2) is 70.4 Å². The molecule has 2 N–H and O–H groups in total. The van der Waals surface area contributed by atoms with E-state index in [0.29, 0.717) is 22.0 Å². The molecule has 0 aliphatic carbocycles. The van der Waals surface area contributed by atoms with Gasteiger partial charge in [-0.2, -0.15) is 5.10 Å². The van der Waals surface area contributed by atoms with Crippen LogP contribution in [-0.4, -0.2) is 37.3 Å². The van der Waals surface area contributed by atoms with Gasteiger partial charge < -0.3 is 10.5 Å². The van der Waals surface area contributed by atoms with Gasteiger partial charge in [0.1, 0.15) is 22.6 Å². The van der Waals surface area contributed by atoms with E-state index in [4.69, 9.17) is 22.1 Å². The predicted molar refractivity (Wildman–Crippen MR) is 130 cm³/mol. The monoisotopic (exact) mass is 493 g/mol. The van der Waals surface area contributed by atoms with Crippen LogP contribution in [0, 0.1) is 0 Å². The summed E-state index contributed by atoms with van der Waals surface area (Å²) in [5.41, 5.74) is 5.58. The number of para-hydroxylation sites is 1. The fourth-order valence-corrected chi connectivity index (χ4v) is 3.59. The molecule has 35 heavy (non-hydrogen) atoms. The number of anilines is 1. The van der Waals surface area contributed by atoms with E-state index >= 15 is 0 Å². The lowest BCUT2D eigenvalue weighted by atomic mass is 10.1. The van der Waals surface area contributed by atoms with Gasteiger partial charge in [-0.25, -0.2) is 14.3 Å². The molecule has 0 unspecified atom stereocenters. The summed E-state index contributed by atoms with van der Waals surface area (Å²) in [5, 5.41) is 5.04. The summed E-state index contributed by atoms with van der Waals surface area (Å²) >= 11 is 5.99. The number of rotatable bonds is 6. The molecule has 0 radical (unpaired) electrons. The average molecular weight is 494 g/mol. The number of carbonyl (C=O) groups excluding carboxylic acids is 2. The maximum atomic E-state index is 13.0. The van der Waals surface area contributed by atoms with Crippen molar-refractivity contribution in [3.05, 3.63) is 97.8 Å². The van der Waals surface area contributed by atoms with Crippen molar-refractivity contribution in [2.45, 2.75) is 0 Å². The van der Waals surface area contributed by atoms with E-state index in [2.05, 4.69) is 5.10 Å². The zero-order valence-corrected chi connectivity index (χ0v) is 19.5. The number of nitrogens with two attached hydrogens (primary N) is 1. The standard InChI is InChI=1S/C24H20ClN5O5/c1-28-21(26)19(22(32)29(2)24(28)34)18(31)13-35-23(33)17-12-30(16-6-4-3-5-7-16)27-20(17)14-8-10-15(25)11-9-14/h3-12H,13,26H2,1-2H3. The van der Waals surface area contributed by atoms with Gasteiger partial charge >= 0.3 is 11.7 Å². The molecule has 0 fully saturated rings. The molecule has 2 aromatic heterocycles. The maximum Gasteiger partial charge on any atom is 0.342 e. The van der Waals surface area contributed by atoms with Crippen molar-refractivity contribution < 1.29 is 14.3 Å². The van der Waals surface area contributed by atoms with E-state index in [1.165, 1.54) is 25.0 Å². The molecule has 2 heterocycles. The minimum atomic E-state index is -0.870.